The molecule has 3 rings (SSSR count). The lowest BCUT2D eigenvalue weighted by Gasteiger charge is -2.10. The molecule has 0 aliphatic rings. The quantitative estimate of drug-likeness (QED) is 0.364. The molecule has 1 heterocycles. The van der Waals surface area contributed by atoms with Gasteiger partial charge in [0.1, 0.15) is 11.5 Å². The standard InChI is InChI=1S/C20H16Cl2N2O5/c1-10(2)11-5-19(29-9-11)13-8-18(25)14(7-15(13)21)20(26)23-17-4-3-12(24(27)28)6-16(17)22/h3-10,25H,1-2H3,(H,23,26). The van der Waals surface area contributed by atoms with E-state index in [2.05, 4.69) is 5.32 Å². The zero-order chi connectivity index (χ0) is 21.3. The number of hydrogen-bond donors (Lipinski definition) is 2. The number of amides is 1. The molecule has 0 unspecified atom stereocenters. The predicted molar refractivity (Wildman–Crippen MR) is 111 cm³/mol. The van der Waals surface area contributed by atoms with Crippen LogP contribution in [0.25, 0.3) is 11.3 Å². The van der Waals surface area contributed by atoms with Crippen LogP contribution in [0.15, 0.2) is 47.1 Å². The molecule has 0 aliphatic heterocycles. The molecule has 1 amide bonds. The van der Waals surface area contributed by atoms with Gasteiger partial charge in [0.25, 0.3) is 11.6 Å². The number of phenols is 1. The van der Waals surface area contributed by atoms with E-state index >= 15 is 0 Å². The summed E-state index contributed by atoms with van der Waals surface area (Å²) in [5, 5.41) is 23.8. The SMILES string of the molecule is CC(C)c1coc(-c2cc(O)c(C(=O)Nc3ccc([N+](=O)[O-])cc3Cl)cc2Cl)c1. The Morgan fingerprint density at radius 2 is 1.90 bits per heavy atom. The van der Waals surface area contributed by atoms with Gasteiger partial charge in [-0.3, -0.25) is 14.9 Å². The average molecular weight is 435 g/mol. The Labute approximate surface area is 176 Å². The van der Waals surface area contributed by atoms with Gasteiger partial charge in [-0.05, 0) is 35.7 Å². The molecular formula is C20H16Cl2N2O5. The number of anilines is 1. The number of nitrogens with one attached hydrogen (secondary N) is 1. The fourth-order valence-corrected chi connectivity index (χ4v) is 3.11. The van der Waals surface area contributed by atoms with Crippen LogP contribution < -0.4 is 5.32 Å². The number of furan rings is 1. The van der Waals surface area contributed by atoms with Gasteiger partial charge in [0.05, 0.1) is 32.5 Å². The van der Waals surface area contributed by atoms with E-state index in [-0.39, 0.29) is 38.7 Å². The highest BCUT2D eigenvalue weighted by atomic mass is 35.5. The monoisotopic (exact) mass is 434 g/mol. The van der Waals surface area contributed by atoms with Gasteiger partial charge in [-0.2, -0.15) is 0 Å². The van der Waals surface area contributed by atoms with E-state index in [4.69, 9.17) is 27.6 Å². The lowest BCUT2D eigenvalue weighted by Crippen LogP contribution is -2.12. The number of non-ortho nitro benzene ring substituents is 1. The van der Waals surface area contributed by atoms with E-state index in [1.54, 1.807) is 6.26 Å². The van der Waals surface area contributed by atoms with Crippen LogP contribution in [0, 0.1) is 10.1 Å². The normalized spacial score (nSPS) is 10.9. The maximum Gasteiger partial charge on any atom is 0.271 e. The maximum atomic E-state index is 12.6. The molecular weight excluding hydrogens is 419 g/mol. The lowest BCUT2D eigenvalue weighted by molar-refractivity contribution is -0.384. The Hall–Kier alpha value is -3.03. The average Bonchev–Trinajstić information content (AvgIpc) is 3.15. The summed E-state index contributed by atoms with van der Waals surface area (Å²) in [6.07, 6.45) is 1.62. The van der Waals surface area contributed by atoms with E-state index in [9.17, 15) is 20.0 Å². The van der Waals surface area contributed by atoms with Crippen LogP contribution in [0.1, 0.15) is 35.7 Å². The zero-order valence-corrected chi connectivity index (χ0v) is 16.9. The van der Waals surface area contributed by atoms with Crippen LogP contribution in [0.4, 0.5) is 11.4 Å². The minimum atomic E-state index is -0.672. The second-order valence-corrected chi connectivity index (χ2v) is 7.44. The topological polar surface area (TPSA) is 106 Å². The molecule has 0 radical (unpaired) electrons. The summed E-state index contributed by atoms with van der Waals surface area (Å²) in [5.41, 5.74) is 1.30. The van der Waals surface area contributed by atoms with Crippen LogP contribution in [0.3, 0.4) is 0 Å². The van der Waals surface area contributed by atoms with Gasteiger partial charge in [0.15, 0.2) is 0 Å². The maximum absolute atomic E-state index is 12.6. The molecule has 0 atom stereocenters. The number of halogens is 2. The molecule has 0 fully saturated rings. The number of benzene rings is 2. The number of aromatic hydroxyl groups is 1. The van der Waals surface area contributed by atoms with Crippen LogP contribution in [-0.2, 0) is 0 Å². The third-order valence-electron chi connectivity index (χ3n) is 4.29. The Morgan fingerprint density at radius 1 is 1.17 bits per heavy atom. The first kappa shape index (κ1) is 20.7. The van der Waals surface area contributed by atoms with Crippen LogP contribution >= 0.6 is 23.2 Å². The molecule has 150 valence electrons. The van der Waals surface area contributed by atoms with Crippen molar-refractivity contribution in [2.24, 2.45) is 0 Å². The van der Waals surface area contributed by atoms with Crippen molar-refractivity contribution in [3.8, 4) is 17.1 Å². The summed E-state index contributed by atoms with van der Waals surface area (Å²) in [6.45, 7) is 4.04. The number of phenolic OH excluding ortho intramolecular Hbond substituents is 1. The van der Waals surface area contributed by atoms with Gasteiger partial charge >= 0.3 is 0 Å². The smallest absolute Gasteiger partial charge is 0.271 e. The van der Waals surface area contributed by atoms with Crippen molar-refractivity contribution in [1.29, 1.82) is 0 Å². The van der Waals surface area contributed by atoms with Gasteiger partial charge in [0, 0.05) is 17.7 Å². The fourth-order valence-electron chi connectivity index (χ4n) is 2.64. The number of nitrogens with zero attached hydrogens (tertiary/aromatic N) is 1. The number of rotatable bonds is 5. The van der Waals surface area contributed by atoms with Crippen molar-refractivity contribution in [2.75, 3.05) is 5.32 Å². The van der Waals surface area contributed by atoms with Crippen LogP contribution in [-0.4, -0.2) is 15.9 Å². The molecule has 0 saturated carbocycles. The van der Waals surface area contributed by atoms with E-state index in [1.807, 2.05) is 19.9 Å². The van der Waals surface area contributed by atoms with Crippen molar-refractivity contribution in [1.82, 2.24) is 0 Å². The molecule has 2 aromatic carbocycles. The second kappa shape index (κ2) is 8.14. The van der Waals surface area contributed by atoms with Gasteiger partial charge in [-0.25, -0.2) is 0 Å². The number of nitro groups is 1. The number of nitro benzene ring substituents is 1. The van der Waals surface area contributed by atoms with Crippen LogP contribution in [0.5, 0.6) is 5.75 Å². The Morgan fingerprint density at radius 3 is 2.48 bits per heavy atom. The number of hydrogen-bond acceptors (Lipinski definition) is 5. The van der Waals surface area contributed by atoms with Crippen molar-refractivity contribution >= 4 is 40.5 Å². The first-order chi connectivity index (χ1) is 13.7. The van der Waals surface area contributed by atoms with Crippen molar-refractivity contribution in [2.45, 2.75) is 19.8 Å². The molecule has 0 spiro atoms. The molecule has 29 heavy (non-hydrogen) atoms. The molecule has 2 N–H and O–H groups in total. The summed E-state index contributed by atoms with van der Waals surface area (Å²) in [5.74, 6) is -0.243. The third-order valence-corrected chi connectivity index (χ3v) is 4.92. The molecule has 3 aromatic rings. The van der Waals surface area contributed by atoms with Crippen LogP contribution in [0.2, 0.25) is 10.0 Å². The Balaban J connectivity index is 1.88. The first-order valence-electron chi connectivity index (χ1n) is 8.54. The molecule has 7 nitrogen and oxygen atoms in total. The van der Waals surface area contributed by atoms with Gasteiger partial charge in [-0.15, -0.1) is 0 Å². The fraction of sp³-hybridized carbons (Fsp3) is 0.150. The Kier molecular flexibility index (Phi) is 5.81. The predicted octanol–water partition coefficient (Wildman–Crippen LogP) is 6.24. The minimum Gasteiger partial charge on any atom is -0.507 e. The van der Waals surface area contributed by atoms with E-state index in [1.165, 1.54) is 24.3 Å². The Bertz CT molecular complexity index is 1110. The summed E-state index contributed by atoms with van der Waals surface area (Å²) >= 11 is 12.3. The van der Waals surface area contributed by atoms with Gasteiger partial charge in [0.2, 0.25) is 0 Å². The second-order valence-electron chi connectivity index (χ2n) is 6.62. The highest BCUT2D eigenvalue weighted by Crippen LogP contribution is 2.36. The number of carbonyl (C=O) groups excluding carboxylic acids is 1. The molecule has 0 bridgehead atoms. The van der Waals surface area contributed by atoms with E-state index in [0.29, 0.717) is 11.3 Å². The van der Waals surface area contributed by atoms with Crippen molar-refractivity contribution < 1.29 is 19.2 Å². The highest BCUT2D eigenvalue weighted by molar-refractivity contribution is 6.35. The minimum absolute atomic E-state index is 0.00782. The summed E-state index contributed by atoms with van der Waals surface area (Å²) in [4.78, 5) is 22.7. The third kappa shape index (κ3) is 4.36. The summed E-state index contributed by atoms with van der Waals surface area (Å²) in [7, 11) is 0. The lowest BCUT2D eigenvalue weighted by atomic mass is 10.0. The van der Waals surface area contributed by atoms with E-state index < -0.39 is 10.8 Å². The largest absolute Gasteiger partial charge is 0.507 e. The molecule has 1 aromatic heterocycles. The molecule has 0 saturated heterocycles. The van der Waals surface area contributed by atoms with Crippen molar-refractivity contribution in [3.63, 3.8) is 0 Å². The summed E-state index contributed by atoms with van der Waals surface area (Å²) in [6, 6.07) is 8.12. The van der Waals surface area contributed by atoms with Crippen molar-refractivity contribution in [3.05, 3.63) is 73.9 Å². The molecule has 9 heteroatoms. The van der Waals surface area contributed by atoms with E-state index in [0.717, 1.165) is 11.6 Å². The van der Waals surface area contributed by atoms with Gasteiger partial charge < -0.3 is 14.8 Å². The zero-order valence-electron chi connectivity index (χ0n) is 15.4. The molecule has 0 aliphatic carbocycles. The summed E-state index contributed by atoms with van der Waals surface area (Å²) < 4.78 is 5.52. The number of carbonyl (C=O) groups is 1. The highest BCUT2D eigenvalue weighted by Gasteiger charge is 2.19. The van der Waals surface area contributed by atoms with Gasteiger partial charge in [-0.1, -0.05) is 37.0 Å². The first-order valence-corrected chi connectivity index (χ1v) is 9.29.